The van der Waals surface area contributed by atoms with Crippen molar-refractivity contribution in [1.29, 1.82) is 0 Å². The Bertz CT molecular complexity index is 396. The Labute approximate surface area is 129 Å². The largest absolute Gasteiger partial charge is 0.311 e. The zero-order valence-corrected chi connectivity index (χ0v) is 14.4. The van der Waals surface area contributed by atoms with Gasteiger partial charge in [0.25, 0.3) is 0 Å². The molecule has 0 amide bonds. The lowest BCUT2D eigenvalue weighted by Crippen LogP contribution is -2.37. The van der Waals surface area contributed by atoms with Crippen molar-refractivity contribution in [3.05, 3.63) is 21.9 Å². The molecule has 1 aliphatic rings. The molecule has 0 radical (unpaired) electrons. The van der Waals surface area contributed by atoms with Crippen molar-refractivity contribution >= 4 is 11.3 Å². The van der Waals surface area contributed by atoms with E-state index in [9.17, 15) is 0 Å². The van der Waals surface area contributed by atoms with Gasteiger partial charge in [-0.1, -0.05) is 26.7 Å². The van der Waals surface area contributed by atoms with Crippen LogP contribution in [-0.2, 0) is 6.42 Å². The van der Waals surface area contributed by atoms with Gasteiger partial charge < -0.3 is 5.32 Å². The van der Waals surface area contributed by atoms with Crippen molar-refractivity contribution in [3.8, 4) is 0 Å². The van der Waals surface area contributed by atoms with Gasteiger partial charge in [-0.3, -0.25) is 0 Å². The topological polar surface area (TPSA) is 12.0 Å². The van der Waals surface area contributed by atoms with Gasteiger partial charge in [0.15, 0.2) is 0 Å². The van der Waals surface area contributed by atoms with Crippen LogP contribution in [0.2, 0.25) is 0 Å². The number of hydrogen-bond acceptors (Lipinski definition) is 2. The number of hydrogen-bond donors (Lipinski definition) is 1. The first-order chi connectivity index (χ1) is 9.54. The van der Waals surface area contributed by atoms with Gasteiger partial charge in [0.05, 0.1) is 0 Å². The van der Waals surface area contributed by atoms with E-state index in [1.165, 1.54) is 48.3 Å². The molecule has 3 atom stereocenters. The average molecular weight is 294 g/mol. The fraction of sp³-hybridized carbons (Fsp3) is 0.778. The highest BCUT2D eigenvalue weighted by Gasteiger charge is 2.21. The Balaban J connectivity index is 1.78. The zero-order chi connectivity index (χ0) is 14.5. The summed E-state index contributed by atoms with van der Waals surface area (Å²) in [6.07, 6.45) is 8.19. The van der Waals surface area contributed by atoms with Crippen LogP contribution in [0.15, 0.2) is 12.1 Å². The second kappa shape index (κ2) is 7.61. The molecule has 3 unspecified atom stereocenters. The van der Waals surface area contributed by atoms with Gasteiger partial charge in [0.2, 0.25) is 0 Å². The summed E-state index contributed by atoms with van der Waals surface area (Å²) >= 11 is 1.95. The van der Waals surface area contributed by atoms with E-state index in [1.807, 2.05) is 11.3 Å². The Morgan fingerprint density at radius 3 is 2.60 bits per heavy atom. The standard InChI is InChI=1S/C18H31NS/c1-13(2)16-6-5-7-17(10-9-16)19-14(3)12-18-11-8-15(4)20-18/h8,11,13-14,16-17,19H,5-7,9-10,12H2,1-4H3. The molecule has 0 aliphatic heterocycles. The molecule has 1 nitrogen and oxygen atoms in total. The Morgan fingerprint density at radius 1 is 1.15 bits per heavy atom. The van der Waals surface area contributed by atoms with Crippen LogP contribution in [0.5, 0.6) is 0 Å². The third-order valence-corrected chi connectivity index (χ3v) is 5.80. The molecular weight excluding hydrogens is 262 g/mol. The first-order valence-electron chi connectivity index (χ1n) is 8.36. The molecule has 20 heavy (non-hydrogen) atoms. The van der Waals surface area contributed by atoms with Gasteiger partial charge in [-0.25, -0.2) is 0 Å². The molecule has 1 fully saturated rings. The van der Waals surface area contributed by atoms with Gasteiger partial charge in [-0.05, 0) is 63.5 Å². The third-order valence-electron chi connectivity index (χ3n) is 4.78. The number of nitrogens with one attached hydrogen (secondary N) is 1. The van der Waals surface area contributed by atoms with Gasteiger partial charge >= 0.3 is 0 Å². The maximum Gasteiger partial charge on any atom is 0.00896 e. The average Bonchev–Trinajstić information content (AvgIpc) is 2.63. The number of aryl methyl sites for hydroxylation is 1. The molecule has 0 spiro atoms. The Kier molecular flexibility index (Phi) is 6.10. The quantitative estimate of drug-likeness (QED) is 0.737. The highest BCUT2D eigenvalue weighted by atomic mass is 32.1. The second-order valence-electron chi connectivity index (χ2n) is 6.99. The van der Waals surface area contributed by atoms with Gasteiger partial charge in [0, 0.05) is 21.8 Å². The predicted octanol–water partition coefficient (Wildman–Crippen LogP) is 5.18. The van der Waals surface area contributed by atoms with Crippen LogP contribution < -0.4 is 5.32 Å². The van der Waals surface area contributed by atoms with E-state index < -0.39 is 0 Å². The van der Waals surface area contributed by atoms with Crippen molar-refractivity contribution in [1.82, 2.24) is 5.32 Å². The lowest BCUT2D eigenvalue weighted by Gasteiger charge is -2.22. The van der Waals surface area contributed by atoms with Crippen LogP contribution in [0.1, 0.15) is 62.6 Å². The normalized spacial score (nSPS) is 25.6. The molecule has 1 aliphatic carbocycles. The maximum absolute atomic E-state index is 3.88. The van der Waals surface area contributed by atoms with Crippen LogP contribution in [0, 0.1) is 18.8 Å². The van der Waals surface area contributed by atoms with Crippen molar-refractivity contribution in [2.75, 3.05) is 0 Å². The summed E-state index contributed by atoms with van der Waals surface area (Å²) in [5.74, 6) is 1.82. The summed E-state index contributed by atoms with van der Waals surface area (Å²) in [4.78, 5) is 2.96. The van der Waals surface area contributed by atoms with Crippen molar-refractivity contribution in [3.63, 3.8) is 0 Å². The molecule has 2 rings (SSSR count). The van der Waals surface area contributed by atoms with E-state index in [0.717, 1.165) is 17.9 Å². The van der Waals surface area contributed by atoms with Crippen molar-refractivity contribution in [2.45, 2.75) is 78.3 Å². The van der Waals surface area contributed by atoms with Crippen LogP contribution in [-0.4, -0.2) is 12.1 Å². The third kappa shape index (κ3) is 4.89. The van der Waals surface area contributed by atoms with Gasteiger partial charge in [0.1, 0.15) is 0 Å². The maximum atomic E-state index is 3.88. The molecule has 0 aromatic carbocycles. The fourth-order valence-electron chi connectivity index (χ4n) is 3.52. The molecule has 114 valence electrons. The summed E-state index contributed by atoms with van der Waals surface area (Å²) in [6.45, 7) is 9.32. The predicted molar refractivity (Wildman–Crippen MR) is 90.6 cm³/mol. The monoisotopic (exact) mass is 293 g/mol. The summed E-state index contributed by atoms with van der Waals surface area (Å²) < 4.78 is 0. The fourth-order valence-corrected chi connectivity index (χ4v) is 4.54. The van der Waals surface area contributed by atoms with E-state index in [-0.39, 0.29) is 0 Å². The lowest BCUT2D eigenvalue weighted by atomic mass is 9.89. The summed E-state index contributed by atoms with van der Waals surface area (Å²) in [5.41, 5.74) is 0. The number of thiophene rings is 1. The van der Waals surface area contributed by atoms with Gasteiger partial charge in [-0.15, -0.1) is 11.3 Å². The highest BCUT2D eigenvalue weighted by molar-refractivity contribution is 7.11. The van der Waals surface area contributed by atoms with Crippen LogP contribution in [0.4, 0.5) is 0 Å². The zero-order valence-electron chi connectivity index (χ0n) is 13.6. The smallest absolute Gasteiger partial charge is 0.00896 e. The minimum atomic E-state index is 0.605. The summed E-state index contributed by atoms with van der Waals surface area (Å²) in [5, 5.41) is 3.88. The lowest BCUT2D eigenvalue weighted by molar-refractivity contribution is 0.334. The summed E-state index contributed by atoms with van der Waals surface area (Å²) in [7, 11) is 0. The molecule has 0 bridgehead atoms. The Hall–Kier alpha value is -0.340. The summed E-state index contributed by atoms with van der Waals surface area (Å²) in [6, 6.07) is 5.88. The van der Waals surface area contributed by atoms with E-state index in [0.29, 0.717) is 6.04 Å². The minimum Gasteiger partial charge on any atom is -0.311 e. The van der Waals surface area contributed by atoms with E-state index in [2.05, 4.69) is 45.1 Å². The van der Waals surface area contributed by atoms with Crippen LogP contribution in [0.3, 0.4) is 0 Å². The van der Waals surface area contributed by atoms with Gasteiger partial charge in [-0.2, -0.15) is 0 Å². The molecule has 2 heteroatoms. The minimum absolute atomic E-state index is 0.605. The molecule has 0 saturated heterocycles. The second-order valence-corrected chi connectivity index (χ2v) is 8.37. The number of rotatable bonds is 5. The molecule has 1 aromatic heterocycles. The molecule has 1 aromatic rings. The van der Waals surface area contributed by atoms with E-state index >= 15 is 0 Å². The van der Waals surface area contributed by atoms with Crippen LogP contribution >= 0.6 is 11.3 Å². The SMILES string of the molecule is Cc1ccc(CC(C)NC2CCCC(C(C)C)CC2)s1. The highest BCUT2D eigenvalue weighted by Crippen LogP contribution is 2.29. The Morgan fingerprint density at radius 2 is 1.95 bits per heavy atom. The van der Waals surface area contributed by atoms with E-state index in [1.54, 1.807) is 0 Å². The van der Waals surface area contributed by atoms with Crippen molar-refractivity contribution in [2.24, 2.45) is 11.8 Å². The molecule has 1 N–H and O–H groups in total. The van der Waals surface area contributed by atoms with Crippen molar-refractivity contribution < 1.29 is 0 Å². The first-order valence-corrected chi connectivity index (χ1v) is 9.17. The first kappa shape index (κ1) is 16.0. The molecule has 1 heterocycles. The van der Waals surface area contributed by atoms with Crippen LogP contribution in [0.25, 0.3) is 0 Å². The molecule has 1 saturated carbocycles. The molecular formula is C18H31NS. The van der Waals surface area contributed by atoms with E-state index in [4.69, 9.17) is 0 Å².